The van der Waals surface area contributed by atoms with E-state index in [2.05, 4.69) is 66.9 Å². The van der Waals surface area contributed by atoms with Gasteiger partial charge in [0.15, 0.2) is 0 Å². The highest BCUT2D eigenvalue weighted by Gasteiger charge is 2.14. The van der Waals surface area contributed by atoms with Gasteiger partial charge in [-0.15, -0.1) is 5.10 Å². The normalized spacial score (nSPS) is 11.8. The molecule has 4 heteroatoms. The predicted molar refractivity (Wildman–Crippen MR) is 76.7 cm³/mol. The van der Waals surface area contributed by atoms with Crippen LogP contribution in [0.5, 0.6) is 0 Å². The second-order valence-electron chi connectivity index (χ2n) is 5.51. The van der Waals surface area contributed by atoms with Crippen LogP contribution in [0.3, 0.4) is 0 Å². The highest BCUT2D eigenvalue weighted by molar-refractivity contribution is 7.05. The molecule has 0 fully saturated rings. The maximum Gasteiger partial charge on any atom is 0.110 e. The molecule has 0 spiro atoms. The minimum absolute atomic E-state index is 0.106. The van der Waals surface area contributed by atoms with Crippen molar-refractivity contribution in [2.75, 3.05) is 0 Å². The molecule has 0 amide bonds. The van der Waals surface area contributed by atoms with E-state index in [-0.39, 0.29) is 5.54 Å². The molecule has 0 saturated carbocycles. The number of nitrogens with one attached hydrogen (secondary N) is 1. The molecule has 0 bridgehead atoms. The quantitative estimate of drug-likeness (QED) is 0.920. The van der Waals surface area contributed by atoms with Crippen molar-refractivity contribution in [2.45, 2.75) is 39.8 Å². The van der Waals surface area contributed by atoms with Gasteiger partial charge in [-0.2, -0.15) is 0 Å². The number of benzene rings is 1. The van der Waals surface area contributed by atoms with Crippen molar-refractivity contribution in [3.8, 4) is 11.3 Å². The number of rotatable bonds is 3. The molecule has 1 aromatic heterocycles. The lowest BCUT2D eigenvalue weighted by Crippen LogP contribution is -2.34. The van der Waals surface area contributed by atoms with Crippen LogP contribution in [0, 0.1) is 6.92 Å². The first-order valence-electron chi connectivity index (χ1n) is 6.09. The van der Waals surface area contributed by atoms with Crippen LogP contribution >= 0.6 is 11.5 Å². The van der Waals surface area contributed by atoms with E-state index in [9.17, 15) is 0 Å². The Hall–Kier alpha value is -1.26. The minimum Gasteiger partial charge on any atom is -0.307 e. The van der Waals surface area contributed by atoms with Crippen LogP contribution in [0.2, 0.25) is 0 Å². The van der Waals surface area contributed by atoms with Gasteiger partial charge in [0.25, 0.3) is 0 Å². The van der Waals surface area contributed by atoms with E-state index >= 15 is 0 Å². The molecule has 0 saturated heterocycles. The van der Waals surface area contributed by atoms with Gasteiger partial charge < -0.3 is 5.32 Å². The molecule has 18 heavy (non-hydrogen) atoms. The molecule has 1 aromatic carbocycles. The second-order valence-corrected chi connectivity index (χ2v) is 6.35. The third-order valence-electron chi connectivity index (χ3n) is 2.66. The van der Waals surface area contributed by atoms with E-state index in [1.165, 1.54) is 22.0 Å². The zero-order valence-electron chi connectivity index (χ0n) is 11.3. The van der Waals surface area contributed by atoms with E-state index in [1.807, 2.05) is 0 Å². The number of aromatic nitrogens is 2. The van der Waals surface area contributed by atoms with Gasteiger partial charge in [0.05, 0.1) is 4.88 Å². The fourth-order valence-corrected chi connectivity index (χ4v) is 2.20. The van der Waals surface area contributed by atoms with Crippen LogP contribution in [-0.4, -0.2) is 15.1 Å². The fourth-order valence-electron chi connectivity index (χ4n) is 1.60. The SMILES string of the molecule is Cc1ccc(-c2nnsc2CNC(C)(C)C)cc1. The van der Waals surface area contributed by atoms with Gasteiger partial charge in [-0.3, -0.25) is 0 Å². The lowest BCUT2D eigenvalue weighted by molar-refractivity contribution is 0.426. The molecule has 0 atom stereocenters. The van der Waals surface area contributed by atoms with Gasteiger partial charge in [-0.25, -0.2) is 0 Å². The molecule has 3 nitrogen and oxygen atoms in total. The summed E-state index contributed by atoms with van der Waals surface area (Å²) in [5.74, 6) is 0. The molecule has 0 aliphatic rings. The van der Waals surface area contributed by atoms with Crippen LogP contribution in [0.1, 0.15) is 31.2 Å². The van der Waals surface area contributed by atoms with Gasteiger partial charge in [0.2, 0.25) is 0 Å². The van der Waals surface area contributed by atoms with E-state index in [0.29, 0.717) is 0 Å². The first-order chi connectivity index (χ1) is 8.46. The summed E-state index contributed by atoms with van der Waals surface area (Å²) in [7, 11) is 0. The van der Waals surface area contributed by atoms with Crippen molar-refractivity contribution < 1.29 is 0 Å². The average molecular weight is 261 g/mol. The summed E-state index contributed by atoms with van der Waals surface area (Å²) in [5, 5.41) is 7.72. The molecule has 0 radical (unpaired) electrons. The lowest BCUT2D eigenvalue weighted by Gasteiger charge is -2.19. The Morgan fingerprint density at radius 2 is 1.83 bits per heavy atom. The molecule has 0 unspecified atom stereocenters. The van der Waals surface area contributed by atoms with Crippen LogP contribution < -0.4 is 5.32 Å². The number of aryl methyl sites for hydroxylation is 1. The molecule has 2 rings (SSSR count). The Balaban J connectivity index is 2.20. The highest BCUT2D eigenvalue weighted by Crippen LogP contribution is 2.24. The molecule has 0 aliphatic carbocycles. The van der Waals surface area contributed by atoms with Gasteiger partial charge in [-0.05, 0) is 39.2 Å². The Morgan fingerprint density at radius 3 is 2.44 bits per heavy atom. The fraction of sp³-hybridized carbons (Fsp3) is 0.429. The smallest absolute Gasteiger partial charge is 0.110 e. The van der Waals surface area contributed by atoms with Crippen molar-refractivity contribution >= 4 is 11.5 Å². The maximum atomic E-state index is 4.25. The third kappa shape index (κ3) is 3.37. The van der Waals surface area contributed by atoms with Crippen LogP contribution in [-0.2, 0) is 6.54 Å². The maximum absolute atomic E-state index is 4.25. The highest BCUT2D eigenvalue weighted by atomic mass is 32.1. The summed E-state index contributed by atoms with van der Waals surface area (Å²) in [4.78, 5) is 1.19. The van der Waals surface area contributed by atoms with E-state index in [0.717, 1.165) is 17.8 Å². The van der Waals surface area contributed by atoms with Crippen LogP contribution in [0.4, 0.5) is 0 Å². The molecule has 1 heterocycles. The molecule has 1 N–H and O–H groups in total. The number of hydrogen-bond acceptors (Lipinski definition) is 4. The zero-order chi connectivity index (χ0) is 13.2. The summed E-state index contributed by atoms with van der Waals surface area (Å²) in [6.45, 7) is 9.38. The first kappa shape index (κ1) is 13.2. The first-order valence-corrected chi connectivity index (χ1v) is 6.86. The van der Waals surface area contributed by atoms with E-state index < -0.39 is 0 Å². The standard InChI is InChI=1S/C14H19N3S/c1-10-5-7-11(8-6-10)13-12(18-17-16-13)9-15-14(2,3)4/h5-8,15H,9H2,1-4H3. The van der Waals surface area contributed by atoms with Crippen molar-refractivity contribution in [1.29, 1.82) is 0 Å². The van der Waals surface area contributed by atoms with E-state index in [4.69, 9.17) is 0 Å². The van der Waals surface area contributed by atoms with Gasteiger partial charge in [0.1, 0.15) is 5.69 Å². The Morgan fingerprint density at radius 1 is 1.17 bits per heavy atom. The van der Waals surface area contributed by atoms with Gasteiger partial charge in [-0.1, -0.05) is 34.3 Å². The lowest BCUT2D eigenvalue weighted by atomic mass is 10.1. The Labute approximate surface area is 112 Å². The molecular formula is C14H19N3S. The zero-order valence-corrected chi connectivity index (χ0v) is 12.1. The summed E-state index contributed by atoms with van der Waals surface area (Å²) in [6, 6.07) is 8.42. The topological polar surface area (TPSA) is 37.8 Å². The van der Waals surface area contributed by atoms with Gasteiger partial charge in [0, 0.05) is 17.6 Å². The summed E-state index contributed by atoms with van der Waals surface area (Å²) in [5.41, 5.74) is 3.50. The third-order valence-corrected chi connectivity index (χ3v) is 3.38. The van der Waals surface area contributed by atoms with Crippen LogP contribution in [0.15, 0.2) is 24.3 Å². The van der Waals surface area contributed by atoms with Crippen molar-refractivity contribution in [1.82, 2.24) is 14.9 Å². The number of nitrogens with zero attached hydrogens (tertiary/aromatic N) is 2. The molecule has 0 aliphatic heterocycles. The molecule has 2 aromatic rings. The van der Waals surface area contributed by atoms with E-state index in [1.54, 1.807) is 0 Å². The summed E-state index contributed by atoms with van der Waals surface area (Å²) >= 11 is 1.47. The Kier molecular flexibility index (Phi) is 3.78. The van der Waals surface area contributed by atoms with Crippen molar-refractivity contribution in [3.05, 3.63) is 34.7 Å². The van der Waals surface area contributed by atoms with Crippen LogP contribution in [0.25, 0.3) is 11.3 Å². The Bertz CT molecular complexity index is 509. The van der Waals surface area contributed by atoms with Crippen molar-refractivity contribution in [2.24, 2.45) is 0 Å². The monoisotopic (exact) mass is 261 g/mol. The molecular weight excluding hydrogens is 242 g/mol. The largest absolute Gasteiger partial charge is 0.307 e. The second kappa shape index (κ2) is 5.16. The predicted octanol–water partition coefficient (Wildman–Crippen LogP) is 3.40. The summed E-state index contributed by atoms with van der Waals surface area (Å²) < 4.78 is 4.07. The molecule has 96 valence electrons. The average Bonchev–Trinajstić information content (AvgIpc) is 2.75. The van der Waals surface area contributed by atoms with Crippen molar-refractivity contribution in [3.63, 3.8) is 0 Å². The summed E-state index contributed by atoms with van der Waals surface area (Å²) in [6.07, 6.45) is 0. The number of hydrogen-bond donors (Lipinski definition) is 1. The van der Waals surface area contributed by atoms with Gasteiger partial charge >= 0.3 is 0 Å². The minimum atomic E-state index is 0.106.